The van der Waals surface area contributed by atoms with E-state index < -0.39 is 0 Å². The number of benzene rings is 2. The molecule has 2 fully saturated rings. The summed E-state index contributed by atoms with van der Waals surface area (Å²) < 4.78 is 23.1. The number of fused-ring (bicyclic) bond motifs is 1. The van der Waals surface area contributed by atoms with Crippen LogP contribution in [0, 0.1) is 6.92 Å². The lowest BCUT2D eigenvalue weighted by Crippen LogP contribution is -2.68. The number of carbonyl (C=O) groups excluding carboxylic acids is 1. The Morgan fingerprint density at radius 2 is 2.03 bits per heavy atom. The van der Waals surface area contributed by atoms with Crippen LogP contribution in [0.2, 0.25) is 0 Å². The van der Waals surface area contributed by atoms with Crippen LogP contribution in [0.25, 0.3) is 0 Å². The SMILES string of the molecule is COc1cc(C)c2c(c1)[C@]13CCN(C(=O)Oc4ccccc4)[C@H](C2)[C@@H]1OCOC3. The Morgan fingerprint density at radius 1 is 1.21 bits per heavy atom. The highest BCUT2D eigenvalue weighted by molar-refractivity contribution is 5.72. The van der Waals surface area contributed by atoms with Gasteiger partial charge in [-0.15, -0.1) is 0 Å². The Morgan fingerprint density at radius 3 is 2.83 bits per heavy atom. The highest BCUT2D eigenvalue weighted by atomic mass is 16.7. The minimum absolute atomic E-state index is 0.0801. The number of rotatable bonds is 2. The van der Waals surface area contributed by atoms with Crippen LogP contribution in [0.5, 0.6) is 11.5 Å². The van der Waals surface area contributed by atoms with Crippen LogP contribution in [-0.2, 0) is 21.3 Å². The predicted molar refractivity (Wildman–Crippen MR) is 106 cm³/mol. The van der Waals surface area contributed by atoms with Crippen molar-refractivity contribution in [1.82, 2.24) is 4.90 Å². The molecule has 6 heteroatoms. The van der Waals surface area contributed by atoms with Gasteiger partial charge >= 0.3 is 6.09 Å². The largest absolute Gasteiger partial charge is 0.497 e. The molecular weight excluding hydrogens is 370 g/mol. The molecule has 2 aromatic carbocycles. The maximum absolute atomic E-state index is 13.0. The lowest BCUT2D eigenvalue weighted by molar-refractivity contribution is -0.218. The van der Waals surface area contributed by atoms with E-state index in [2.05, 4.69) is 19.1 Å². The maximum atomic E-state index is 13.0. The van der Waals surface area contributed by atoms with Crippen LogP contribution in [0.15, 0.2) is 42.5 Å². The topological polar surface area (TPSA) is 57.2 Å². The number of para-hydroxylation sites is 1. The Kier molecular flexibility index (Phi) is 4.48. The van der Waals surface area contributed by atoms with Gasteiger partial charge in [-0.05, 0) is 60.7 Å². The molecular formula is C23H25NO5. The predicted octanol–water partition coefficient (Wildman–Crippen LogP) is 3.44. The number of hydrogen-bond donors (Lipinski definition) is 0. The summed E-state index contributed by atoms with van der Waals surface area (Å²) in [5.41, 5.74) is 3.41. The fraction of sp³-hybridized carbons (Fsp3) is 0.435. The number of likely N-dealkylation sites (tertiary alicyclic amines) is 1. The molecule has 0 radical (unpaired) electrons. The zero-order valence-electron chi connectivity index (χ0n) is 16.7. The van der Waals surface area contributed by atoms with E-state index in [4.69, 9.17) is 18.9 Å². The minimum Gasteiger partial charge on any atom is -0.497 e. The van der Waals surface area contributed by atoms with Gasteiger partial charge in [0.2, 0.25) is 0 Å². The third-order valence-corrected chi connectivity index (χ3v) is 6.60. The third-order valence-electron chi connectivity index (χ3n) is 6.60. The first-order valence-corrected chi connectivity index (χ1v) is 10.0. The molecule has 29 heavy (non-hydrogen) atoms. The summed E-state index contributed by atoms with van der Waals surface area (Å²) in [5, 5.41) is 0. The van der Waals surface area contributed by atoms with Crippen molar-refractivity contribution in [3.05, 3.63) is 59.2 Å². The van der Waals surface area contributed by atoms with Gasteiger partial charge in [0.1, 0.15) is 18.3 Å². The fourth-order valence-electron chi connectivity index (χ4n) is 5.21. The third kappa shape index (κ3) is 2.90. The van der Waals surface area contributed by atoms with Crippen molar-refractivity contribution in [1.29, 1.82) is 0 Å². The number of piperidine rings is 1. The smallest absolute Gasteiger partial charge is 0.415 e. The minimum atomic E-state index is -0.320. The van der Waals surface area contributed by atoms with Crippen molar-refractivity contribution in [3.8, 4) is 11.5 Å². The first kappa shape index (κ1) is 18.5. The number of aryl methyl sites for hydroxylation is 1. The lowest BCUT2D eigenvalue weighted by Gasteiger charge is -2.57. The molecule has 5 rings (SSSR count). The Balaban J connectivity index is 1.52. The molecule has 0 aromatic heterocycles. The van der Waals surface area contributed by atoms with Crippen molar-refractivity contribution in [2.75, 3.05) is 27.1 Å². The van der Waals surface area contributed by atoms with Gasteiger partial charge in [-0.2, -0.15) is 0 Å². The van der Waals surface area contributed by atoms with Gasteiger partial charge in [0, 0.05) is 12.0 Å². The molecule has 2 saturated heterocycles. The summed E-state index contributed by atoms with van der Waals surface area (Å²) >= 11 is 0. The molecule has 2 aromatic rings. The van der Waals surface area contributed by atoms with Crippen LogP contribution in [0.1, 0.15) is 23.1 Å². The maximum Gasteiger partial charge on any atom is 0.415 e. The number of nitrogens with zero attached hydrogens (tertiary/aromatic N) is 1. The van der Waals surface area contributed by atoms with Crippen molar-refractivity contribution in [2.24, 2.45) is 0 Å². The molecule has 1 amide bonds. The average Bonchev–Trinajstić information content (AvgIpc) is 2.75. The highest BCUT2D eigenvalue weighted by Gasteiger charge is 2.57. The fourth-order valence-corrected chi connectivity index (χ4v) is 5.21. The van der Waals surface area contributed by atoms with Gasteiger partial charge in [-0.1, -0.05) is 18.2 Å². The van der Waals surface area contributed by atoms with Gasteiger partial charge < -0.3 is 23.8 Å². The zero-order chi connectivity index (χ0) is 20.0. The molecule has 0 unspecified atom stereocenters. The van der Waals surface area contributed by atoms with Crippen LogP contribution in [0.4, 0.5) is 4.79 Å². The van der Waals surface area contributed by atoms with E-state index in [-0.39, 0.29) is 30.4 Å². The molecule has 3 aliphatic rings. The van der Waals surface area contributed by atoms with Crippen molar-refractivity contribution in [2.45, 2.75) is 37.3 Å². The summed E-state index contributed by atoms with van der Waals surface area (Å²) in [6.45, 7) is 3.55. The van der Waals surface area contributed by atoms with E-state index in [1.165, 1.54) is 16.7 Å². The van der Waals surface area contributed by atoms with E-state index in [9.17, 15) is 4.79 Å². The summed E-state index contributed by atoms with van der Waals surface area (Å²) in [5.74, 6) is 1.41. The summed E-state index contributed by atoms with van der Waals surface area (Å²) in [6, 6.07) is 13.3. The Bertz CT molecular complexity index is 930. The second-order valence-corrected chi connectivity index (χ2v) is 8.08. The molecule has 3 atom stereocenters. The number of carbonyl (C=O) groups is 1. The Hall–Kier alpha value is -2.57. The zero-order valence-corrected chi connectivity index (χ0v) is 16.7. The van der Waals surface area contributed by atoms with E-state index in [0.29, 0.717) is 18.9 Å². The van der Waals surface area contributed by atoms with Crippen LogP contribution < -0.4 is 9.47 Å². The van der Waals surface area contributed by atoms with Crippen molar-refractivity contribution < 1.29 is 23.7 Å². The van der Waals surface area contributed by atoms with Gasteiger partial charge in [-0.3, -0.25) is 0 Å². The van der Waals surface area contributed by atoms with Crippen LogP contribution in [0.3, 0.4) is 0 Å². The number of ether oxygens (including phenoxy) is 4. The molecule has 6 nitrogen and oxygen atoms in total. The highest BCUT2D eigenvalue weighted by Crippen LogP contribution is 2.50. The van der Waals surface area contributed by atoms with E-state index in [0.717, 1.165) is 18.6 Å². The van der Waals surface area contributed by atoms with Gasteiger partial charge in [0.25, 0.3) is 0 Å². The van der Waals surface area contributed by atoms with Gasteiger partial charge in [0.05, 0.1) is 25.9 Å². The molecule has 2 aliphatic heterocycles. The standard InChI is InChI=1S/C23H25NO5/c1-15-10-17(26-2)11-19-18(15)12-20-21-23(19,13-27-14-28-21)8-9-24(20)22(25)29-16-6-4-3-5-7-16/h3-7,10-11,20-21H,8-9,12-14H2,1-2H3/t20-,21+,23-/m1/s1. The normalized spacial score (nSPS) is 27.6. The summed E-state index contributed by atoms with van der Waals surface area (Å²) in [7, 11) is 1.69. The van der Waals surface area contributed by atoms with Gasteiger partial charge in [0.15, 0.2) is 0 Å². The van der Waals surface area contributed by atoms with E-state index in [1.54, 1.807) is 19.2 Å². The molecule has 1 aliphatic carbocycles. The average molecular weight is 395 g/mol. The quantitative estimate of drug-likeness (QED) is 0.780. The summed E-state index contributed by atoms with van der Waals surface area (Å²) in [6.07, 6.45) is 1.06. The number of amides is 1. The molecule has 0 N–H and O–H groups in total. The van der Waals surface area contributed by atoms with Crippen LogP contribution >= 0.6 is 0 Å². The molecule has 2 heterocycles. The van der Waals surface area contributed by atoms with Crippen molar-refractivity contribution in [3.63, 3.8) is 0 Å². The van der Waals surface area contributed by atoms with E-state index >= 15 is 0 Å². The molecule has 152 valence electrons. The second kappa shape index (κ2) is 7.04. The first-order chi connectivity index (χ1) is 14.1. The monoisotopic (exact) mass is 395 g/mol. The van der Waals surface area contributed by atoms with Crippen LogP contribution in [-0.4, -0.2) is 50.2 Å². The lowest BCUT2D eigenvalue weighted by atomic mass is 9.61. The Labute approximate surface area is 170 Å². The number of hydrogen-bond acceptors (Lipinski definition) is 5. The molecule has 0 spiro atoms. The van der Waals surface area contributed by atoms with Crippen molar-refractivity contribution >= 4 is 6.09 Å². The number of methoxy groups -OCH3 is 1. The second-order valence-electron chi connectivity index (χ2n) is 8.08. The van der Waals surface area contributed by atoms with Gasteiger partial charge in [-0.25, -0.2) is 4.79 Å². The first-order valence-electron chi connectivity index (χ1n) is 10.0. The summed E-state index contributed by atoms with van der Waals surface area (Å²) in [4.78, 5) is 14.9. The van der Waals surface area contributed by atoms with E-state index in [1.807, 2.05) is 23.1 Å². The molecule has 0 saturated carbocycles. The molecule has 2 bridgehead atoms.